The topological polar surface area (TPSA) is 37.8 Å². The van der Waals surface area contributed by atoms with Crippen LogP contribution in [0.4, 0.5) is 4.39 Å². The Labute approximate surface area is 83.8 Å². The Morgan fingerprint density at radius 1 is 1.43 bits per heavy atom. The molecule has 0 aliphatic carbocycles. The van der Waals surface area contributed by atoms with Gasteiger partial charge in [0.2, 0.25) is 0 Å². The lowest BCUT2D eigenvalue weighted by Gasteiger charge is -2.03. The first-order valence-electron chi connectivity index (χ1n) is 3.90. The molecule has 3 nitrogen and oxygen atoms in total. The first kappa shape index (κ1) is 9.02. The van der Waals surface area contributed by atoms with Crippen molar-refractivity contribution < 1.29 is 4.39 Å². The van der Waals surface area contributed by atoms with E-state index < -0.39 is 5.82 Å². The summed E-state index contributed by atoms with van der Waals surface area (Å²) in [6.07, 6.45) is 2.95. The van der Waals surface area contributed by atoms with Crippen LogP contribution < -0.4 is 5.69 Å². The molecule has 1 N–H and O–H groups in total. The van der Waals surface area contributed by atoms with E-state index in [9.17, 15) is 9.18 Å². The van der Waals surface area contributed by atoms with Gasteiger partial charge in [0.15, 0.2) is 0 Å². The quantitative estimate of drug-likeness (QED) is 0.771. The number of aromatic amines is 1. The van der Waals surface area contributed by atoms with E-state index in [1.807, 2.05) is 0 Å². The van der Waals surface area contributed by atoms with E-state index in [-0.39, 0.29) is 5.69 Å². The van der Waals surface area contributed by atoms with Gasteiger partial charge in [-0.05, 0) is 18.2 Å². The number of halogens is 2. The summed E-state index contributed by atoms with van der Waals surface area (Å²) in [7, 11) is 0. The van der Waals surface area contributed by atoms with E-state index >= 15 is 0 Å². The SMILES string of the molecule is O=c1[nH]ccn1-c1cc(F)ccc1Cl. The number of rotatable bonds is 1. The van der Waals surface area contributed by atoms with Crippen LogP contribution in [0.2, 0.25) is 5.02 Å². The van der Waals surface area contributed by atoms with E-state index in [1.54, 1.807) is 0 Å². The van der Waals surface area contributed by atoms with Crippen molar-refractivity contribution in [3.05, 3.63) is 51.9 Å². The molecule has 1 aromatic carbocycles. The van der Waals surface area contributed by atoms with Crippen LogP contribution in [0.25, 0.3) is 5.69 Å². The van der Waals surface area contributed by atoms with Crippen LogP contribution in [-0.4, -0.2) is 9.55 Å². The Hall–Kier alpha value is -1.55. The van der Waals surface area contributed by atoms with Crippen molar-refractivity contribution in [3.8, 4) is 5.69 Å². The van der Waals surface area contributed by atoms with Crippen LogP contribution in [0, 0.1) is 5.82 Å². The highest BCUT2D eigenvalue weighted by Crippen LogP contribution is 2.19. The van der Waals surface area contributed by atoms with Gasteiger partial charge < -0.3 is 4.98 Å². The zero-order valence-corrected chi connectivity index (χ0v) is 7.75. The van der Waals surface area contributed by atoms with Gasteiger partial charge in [0.25, 0.3) is 0 Å². The van der Waals surface area contributed by atoms with Gasteiger partial charge in [0.1, 0.15) is 5.82 Å². The third-order valence-corrected chi connectivity index (χ3v) is 2.14. The minimum Gasteiger partial charge on any atom is -0.312 e. The van der Waals surface area contributed by atoms with Crippen molar-refractivity contribution in [2.24, 2.45) is 0 Å². The van der Waals surface area contributed by atoms with E-state index in [4.69, 9.17) is 11.6 Å². The van der Waals surface area contributed by atoms with Gasteiger partial charge in [-0.1, -0.05) is 11.6 Å². The number of hydrogen-bond donors (Lipinski definition) is 1. The van der Waals surface area contributed by atoms with Gasteiger partial charge >= 0.3 is 5.69 Å². The number of benzene rings is 1. The summed E-state index contributed by atoms with van der Waals surface area (Å²) in [6.45, 7) is 0. The molecule has 0 radical (unpaired) electrons. The maximum atomic E-state index is 12.9. The summed E-state index contributed by atoms with van der Waals surface area (Å²) < 4.78 is 14.1. The van der Waals surface area contributed by atoms with Crippen LogP contribution in [0.1, 0.15) is 0 Å². The zero-order chi connectivity index (χ0) is 10.1. The molecule has 2 aromatic rings. The van der Waals surface area contributed by atoms with Gasteiger partial charge in [0.05, 0.1) is 10.7 Å². The Bertz CT molecular complexity index is 518. The van der Waals surface area contributed by atoms with Crippen molar-refractivity contribution in [3.63, 3.8) is 0 Å². The maximum absolute atomic E-state index is 12.9. The van der Waals surface area contributed by atoms with E-state index in [0.717, 1.165) is 0 Å². The fraction of sp³-hybridized carbons (Fsp3) is 0. The minimum absolute atomic E-state index is 0.327. The molecule has 72 valence electrons. The molecule has 1 aromatic heterocycles. The van der Waals surface area contributed by atoms with Crippen LogP contribution in [-0.2, 0) is 0 Å². The Morgan fingerprint density at radius 3 is 2.86 bits per heavy atom. The molecule has 0 saturated carbocycles. The molecular formula is C9H6ClFN2O. The second-order valence-electron chi connectivity index (χ2n) is 2.73. The van der Waals surface area contributed by atoms with Crippen molar-refractivity contribution in [2.75, 3.05) is 0 Å². The molecule has 5 heteroatoms. The van der Waals surface area contributed by atoms with Crippen molar-refractivity contribution in [1.82, 2.24) is 9.55 Å². The van der Waals surface area contributed by atoms with Crippen molar-refractivity contribution >= 4 is 11.6 Å². The monoisotopic (exact) mass is 212 g/mol. The zero-order valence-electron chi connectivity index (χ0n) is 7.00. The average molecular weight is 213 g/mol. The van der Waals surface area contributed by atoms with Crippen LogP contribution in [0.15, 0.2) is 35.4 Å². The lowest BCUT2D eigenvalue weighted by molar-refractivity contribution is 0.626. The third kappa shape index (κ3) is 1.44. The molecule has 0 saturated heterocycles. The number of nitrogens with zero attached hydrogens (tertiary/aromatic N) is 1. The summed E-state index contributed by atoms with van der Waals surface area (Å²) in [4.78, 5) is 13.6. The first-order chi connectivity index (χ1) is 6.68. The number of nitrogens with one attached hydrogen (secondary N) is 1. The normalized spacial score (nSPS) is 10.4. The highest BCUT2D eigenvalue weighted by Gasteiger charge is 2.05. The molecule has 0 bridgehead atoms. The van der Waals surface area contributed by atoms with Crippen LogP contribution in [0.3, 0.4) is 0 Å². The number of hydrogen-bond acceptors (Lipinski definition) is 1. The molecule has 1 heterocycles. The molecule has 0 aliphatic rings. The summed E-state index contributed by atoms with van der Waals surface area (Å²) in [5, 5.41) is 0.327. The van der Waals surface area contributed by atoms with E-state index in [0.29, 0.717) is 10.7 Å². The predicted octanol–water partition coefficient (Wildman–Crippen LogP) is 1.96. The largest absolute Gasteiger partial charge is 0.330 e. The second-order valence-corrected chi connectivity index (χ2v) is 3.14. The fourth-order valence-corrected chi connectivity index (χ4v) is 1.39. The first-order valence-corrected chi connectivity index (χ1v) is 4.28. The summed E-state index contributed by atoms with van der Waals surface area (Å²) in [5.41, 5.74) is -0.0181. The molecule has 14 heavy (non-hydrogen) atoms. The number of H-pyrrole nitrogens is 1. The number of imidazole rings is 1. The van der Waals surface area contributed by atoms with E-state index in [2.05, 4.69) is 4.98 Å². The molecule has 0 aliphatic heterocycles. The van der Waals surface area contributed by atoms with E-state index in [1.165, 1.54) is 35.2 Å². The molecule has 0 atom stereocenters. The predicted molar refractivity (Wildman–Crippen MR) is 51.4 cm³/mol. The summed E-state index contributed by atoms with van der Waals surface area (Å²) >= 11 is 5.82. The highest BCUT2D eigenvalue weighted by atomic mass is 35.5. The lowest BCUT2D eigenvalue weighted by atomic mass is 10.3. The highest BCUT2D eigenvalue weighted by molar-refractivity contribution is 6.32. The Kier molecular flexibility index (Phi) is 2.13. The molecule has 0 amide bonds. The van der Waals surface area contributed by atoms with Gasteiger partial charge in [-0.25, -0.2) is 9.18 Å². The van der Waals surface area contributed by atoms with Crippen molar-refractivity contribution in [2.45, 2.75) is 0 Å². The Balaban J connectivity index is 2.68. The Morgan fingerprint density at radius 2 is 2.21 bits per heavy atom. The lowest BCUT2D eigenvalue weighted by Crippen LogP contribution is -2.14. The summed E-state index contributed by atoms with van der Waals surface area (Å²) in [5.74, 6) is -0.433. The maximum Gasteiger partial charge on any atom is 0.330 e. The molecule has 0 spiro atoms. The average Bonchev–Trinajstić information content (AvgIpc) is 2.56. The van der Waals surface area contributed by atoms with Gasteiger partial charge in [-0.2, -0.15) is 0 Å². The van der Waals surface area contributed by atoms with Crippen LogP contribution in [0.5, 0.6) is 0 Å². The second kappa shape index (κ2) is 3.31. The third-order valence-electron chi connectivity index (χ3n) is 1.82. The van der Waals surface area contributed by atoms with Gasteiger partial charge in [0, 0.05) is 12.4 Å². The number of aromatic nitrogens is 2. The van der Waals surface area contributed by atoms with Crippen molar-refractivity contribution in [1.29, 1.82) is 0 Å². The van der Waals surface area contributed by atoms with Gasteiger partial charge in [-0.3, -0.25) is 4.57 Å². The van der Waals surface area contributed by atoms with Gasteiger partial charge in [-0.15, -0.1) is 0 Å². The summed E-state index contributed by atoms with van der Waals surface area (Å²) in [6, 6.07) is 3.85. The fourth-order valence-electron chi connectivity index (χ4n) is 1.18. The molecule has 2 rings (SSSR count). The van der Waals surface area contributed by atoms with Crippen LogP contribution >= 0.6 is 11.6 Å². The minimum atomic E-state index is -0.433. The standard InChI is InChI=1S/C9H6ClFN2O/c10-7-2-1-6(11)5-8(7)13-4-3-12-9(13)14/h1-5H,(H,12,14). The molecular weight excluding hydrogens is 207 g/mol. The molecule has 0 fully saturated rings. The smallest absolute Gasteiger partial charge is 0.312 e. The molecule has 0 unspecified atom stereocenters.